The molecule has 0 aliphatic carbocycles. The molecule has 0 radical (unpaired) electrons. The molecule has 0 heterocycles. The van der Waals surface area contributed by atoms with Crippen molar-refractivity contribution < 1.29 is 4.74 Å². The molecule has 0 aliphatic heterocycles. The van der Waals surface area contributed by atoms with Gasteiger partial charge in [0.25, 0.3) is 0 Å². The van der Waals surface area contributed by atoms with Crippen molar-refractivity contribution in [2.45, 2.75) is 0 Å². The SMILES string of the molecule is COCCNc1ccc(Br)c(Cl)c1Cl. The van der Waals surface area contributed by atoms with Crippen LogP contribution in [0.3, 0.4) is 0 Å². The Labute approximate surface area is 102 Å². The van der Waals surface area contributed by atoms with E-state index < -0.39 is 0 Å². The maximum Gasteiger partial charge on any atom is 0.0835 e. The Morgan fingerprint density at radius 2 is 2.07 bits per heavy atom. The maximum atomic E-state index is 6.01. The molecule has 0 atom stereocenters. The number of hydrogen-bond donors (Lipinski definition) is 1. The van der Waals surface area contributed by atoms with Gasteiger partial charge in [-0.3, -0.25) is 0 Å². The minimum absolute atomic E-state index is 0.522. The highest BCUT2D eigenvalue weighted by Gasteiger charge is 2.07. The summed E-state index contributed by atoms with van der Waals surface area (Å²) >= 11 is 15.3. The maximum absolute atomic E-state index is 6.01. The van der Waals surface area contributed by atoms with Gasteiger partial charge in [-0.2, -0.15) is 0 Å². The van der Waals surface area contributed by atoms with Crippen molar-refractivity contribution in [1.29, 1.82) is 0 Å². The van der Waals surface area contributed by atoms with Crippen LogP contribution in [0, 0.1) is 0 Å². The van der Waals surface area contributed by atoms with Crippen LogP contribution in [0.1, 0.15) is 0 Å². The van der Waals surface area contributed by atoms with E-state index in [-0.39, 0.29) is 0 Å². The van der Waals surface area contributed by atoms with Crippen LogP contribution in [-0.4, -0.2) is 20.3 Å². The Bertz CT molecular complexity index is 320. The fraction of sp³-hybridized carbons (Fsp3) is 0.333. The monoisotopic (exact) mass is 297 g/mol. The third-order valence-corrected chi connectivity index (χ3v) is 3.43. The van der Waals surface area contributed by atoms with Gasteiger partial charge in [-0.1, -0.05) is 23.2 Å². The summed E-state index contributed by atoms with van der Waals surface area (Å²) in [5, 5.41) is 4.17. The standard InChI is InChI=1S/C9H10BrCl2NO/c1-14-5-4-13-7-3-2-6(10)8(11)9(7)12/h2-3,13H,4-5H2,1H3. The van der Waals surface area contributed by atoms with Gasteiger partial charge in [-0.15, -0.1) is 0 Å². The summed E-state index contributed by atoms with van der Waals surface area (Å²) in [6.07, 6.45) is 0. The number of halogens is 3. The van der Waals surface area contributed by atoms with Crippen LogP contribution >= 0.6 is 39.1 Å². The van der Waals surface area contributed by atoms with Crippen molar-refractivity contribution in [1.82, 2.24) is 0 Å². The Morgan fingerprint density at radius 1 is 1.36 bits per heavy atom. The Hall–Kier alpha value is 0.0400. The van der Waals surface area contributed by atoms with Crippen molar-refractivity contribution in [2.75, 3.05) is 25.6 Å². The highest BCUT2D eigenvalue weighted by atomic mass is 79.9. The second-order valence-electron chi connectivity index (χ2n) is 2.64. The summed E-state index contributed by atoms with van der Waals surface area (Å²) in [4.78, 5) is 0. The average molecular weight is 299 g/mol. The van der Waals surface area contributed by atoms with Gasteiger partial charge in [0.15, 0.2) is 0 Å². The van der Waals surface area contributed by atoms with Gasteiger partial charge in [0.1, 0.15) is 0 Å². The van der Waals surface area contributed by atoms with E-state index in [1.807, 2.05) is 12.1 Å². The number of nitrogens with one attached hydrogen (secondary N) is 1. The first kappa shape index (κ1) is 12.1. The fourth-order valence-electron chi connectivity index (χ4n) is 0.950. The zero-order chi connectivity index (χ0) is 10.6. The second kappa shape index (κ2) is 5.81. The predicted molar refractivity (Wildman–Crippen MR) is 64.5 cm³/mol. The quantitative estimate of drug-likeness (QED) is 0.674. The van der Waals surface area contributed by atoms with E-state index in [0.29, 0.717) is 23.2 Å². The Morgan fingerprint density at radius 3 is 2.71 bits per heavy atom. The first-order valence-corrected chi connectivity index (χ1v) is 5.58. The summed E-state index contributed by atoms with van der Waals surface area (Å²) in [7, 11) is 1.65. The Balaban J connectivity index is 2.73. The van der Waals surface area contributed by atoms with Crippen LogP contribution in [0.25, 0.3) is 0 Å². The molecule has 0 aliphatic rings. The number of benzene rings is 1. The molecule has 0 saturated heterocycles. The molecule has 2 nitrogen and oxygen atoms in total. The molecule has 0 amide bonds. The minimum Gasteiger partial charge on any atom is -0.383 e. The third-order valence-electron chi connectivity index (χ3n) is 1.66. The van der Waals surface area contributed by atoms with E-state index in [0.717, 1.165) is 10.2 Å². The summed E-state index contributed by atoms with van der Waals surface area (Å²) in [6.45, 7) is 1.33. The molecular weight excluding hydrogens is 289 g/mol. The molecule has 0 bridgehead atoms. The number of methoxy groups -OCH3 is 1. The molecule has 78 valence electrons. The summed E-state index contributed by atoms with van der Waals surface area (Å²) in [5.74, 6) is 0. The third kappa shape index (κ3) is 3.02. The molecule has 0 fully saturated rings. The van der Waals surface area contributed by atoms with Gasteiger partial charge in [-0.25, -0.2) is 0 Å². The van der Waals surface area contributed by atoms with Crippen molar-refractivity contribution >= 4 is 44.8 Å². The van der Waals surface area contributed by atoms with E-state index in [4.69, 9.17) is 27.9 Å². The van der Waals surface area contributed by atoms with Crippen molar-refractivity contribution in [3.8, 4) is 0 Å². The van der Waals surface area contributed by atoms with E-state index in [1.165, 1.54) is 0 Å². The molecule has 0 aromatic heterocycles. The highest BCUT2D eigenvalue weighted by molar-refractivity contribution is 9.10. The van der Waals surface area contributed by atoms with Gasteiger partial charge in [0, 0.05) is 18.1 Å². The molecular formula is C9H10BrCl2NO. The first-order valence-electron chi connectivity index (χ1n) is 4.03. The molecule has 1 rings (SSSR count). The smallest absolute Gasteiger partial charge is 0.0835 e. The van der Waals surface area contributed by atoms with Gasteiger partial charge in [-0.05, 0) is 28.1 Å². The second-order valence-corrected chi connectivity index (χ2v) is 4.25. The van der Waals surface area contributed by atoms with E-state index in [1.54, 1.807) is 7.11 Å². The number of rotatable bonds is 4. The van der Waals surface area contributed by atoms with Crippen molar-refractivity contribution in [3.63, 3.8) is 0 Å². The zero-order valence-corrected chi connectivity index (χ0v) is 10.7. The predicted octanol–water partition coefficient (Wildman–Crippen LogP) is 3.81. The van der Waals surface area contributed by atoms with Crippen LogP contribution in [0.15, 0.2) is 16.6 Å². The molecule has 0 unspecified atom stereocenters. The normalized spacial score (nSPS) is 10.3. The van der Waals surface area contributed by atoms with Crippen molar-refractivity contribution in [2.24, 2.45) is 0 Å². The zero-order valence-electron chi connectivity index (χ0n) is 7.61. The fourth-order valence-corrected chi connectivity index (χ4v) is 1.79. The molecule has 1 aromatic rings. The molecule has 1 aromatic carbocycles. The lowest BCUT2D eigenvalue weighted by Gasteiger charge is -2.09. The van der Waals surface area contributed by atoms with Crippen LogP contribution in [-0.2, 0) is 4.74 Å². The van der Waals surface area contributed by atoms with E-state index in [2.05, 4.69) is 21.2 Å². The lowest BCUT2D eigenvalue weighted by atomic mass is 10.3. The van der Waals surface area contributed by atoms with Crippen LogP contribution in [0.4, 0.5) is 5.69 Å². The van der Waals surface area contributed by atoms with E-state index in [9.17, 15) is 0 Å². The number of hydrogen-bond acceptors (Lipinski definition) is 2. The minimum atomic E-state index is 0.522. The van der Waals surface area contributed by atoms with Gasteiger partial charge >= 0.3 is 0 Å². The highest BCUT2D eigenvalue weighted by Crippen LogP contribution is 2.35. The average Bonchev–Trinajstić information content (AvgIpc) is 2.18. The molecule has 1 N–H and O–H groups in total. The van der Waals surface area contributed by atoms with Gasteiger partial charge in [0.2, 0.25) is 0 Å². The van der Waals surface area contributed by atoms with Gasteiger partial charge in [0.05, 0.1) is 22.3 Å². The summed E-state index contributed by atoms with van der Waals surface area (Å²) in [5.41, 5.74) is 0.817. The first-order chi connectivity index (χ1) is 6.66. The summed E-state index contributed by atoms with van der Waals surface area (Å²) < 4.78 is 5.70. The van der Waals surface area contributed by atoms with Crippen LogP contribution in [0.2, 0.25) is 10.0 Å². The molecule has 0 spiro atoms. The van der Waals surface area contributed by atoms with Crippen LogP contribution in [0.5, 0.6) is 0 Å². The molecule has 5 heteroatoms. The Kier molecular flexibility index (Phi) is 5.02. The number of ether oxygens (including phenoxy) is 1. The van der Waals surface area contributed by atoms with Crippen LogP contribution < -0.4 is 5.32 Å². The number of anilines is 1. The van der Waals surface area contributed by atoms with Crippen molar-refractivity contribution in [3.05, 3.63) is 26.7 Å². The topological polar surface area (TPSA) is 21.3 Å². The molecule has 14 heavy (non-hydrogen) atoms. The summed E-state index contributed by atoms with van der Waals surface area (Å²) in [6, 6.07) is 3.72. The lowest BCUT2D eigenvalue weighted by molar-refractivity contribution is 0.211. The largest absolute Gasteiger partial charge is 0.383 e. The molecule has 0 saturated carbocycles. The van der Waals surface area contributed by atoms with E-state index >= 15 is 0 Å². The lowest BCUT2D eigenvalue weighted by Crippen LogP contribution is -2.07. The van der Waals surface area contributed by atoms with Gasteiger partial charge < -0.3 is 10.1 Å².